The van der Waals surface area contributed by atoms with E-state index in [-0.39, 0.29) is 12.8 Å². The van der Waals surface area contributed by atoms with Gasteiger partial charge in [-0.2, -0.15) is 0 Å². The molecule has 0 saturated heterocycles. The van der Waals surface area contributed by atoms with Gasteiger partial charge in [-0.05, 0) is 83.5 Å². The minimum Gasteiger partial charge on any atom is -0.462 e. The lowest BCUT2D eigenvalue weighted by molar-refractivity contribution is -0.216. The summed E-state index contributed by atoms with van der Waals surface area (Å²) in [4.78, 5) is 54.2. The molecule has 0 radical (unpaired) electrons. The Balaban J connectivity index is 2.71. The molecule has 9 atom stereocenters. The highest BCUT2D eigenvalue weighted by Gasteiger charge is 2.54. The number of aliphatic hydroxyl groups excluding tert-OH is 5. The van der Waals surface area contributed by atoms with Gasteiger partial charge in [0.15, 0.2) is 6.10 Å². The van der Waals surface area contributed by atoms with Crippen molar-refractivity contribution in [3.05, 3.63) is 97.2 Å². The fourth-order valence-electron chi connectivity index (χ4n) is 6.15. The minimum atomic E-state index is -5.38. The number of esters is 2. The van der Waals surface area contributed by atoms with Crippen LogP contribution in [0.4, 0.5) is 0 Å². The van der Waals surface area contributed by atoms with E-state index >= 15 is 0 Å². The third-order valence-electron chi connectivity index (χ3n) is 9.72. The van der Waals surface area contributed by atoms with Crippen LogP contribution in [0.2, 0.25) is 0 Å². The van der Waals surface area contributed by atoms with Crippen LogP contribution in [0.25, 0.3) is 0 Å². The van der Waals surface area contributed by atoms with Crippen LogP contribution in [-0.4, -0.2) is 114 Å². The number of unbranched alkanes of at least 4 members (excludes halogenated alkanes) is 6. The largest absolute Gasteiger partial charge is 0.472 e. The fraction of sp³-hybridized carbons (Fsp3) is 0.617. The van der Waals surface area contributed by atoms with Gasteiger partial charge in [-0.15, -0.1) is 0 Å². The maximum absolute atomic E-state index is 13.0. The van der Waals surface area contributed by atoms with Crippen molar-refractivity contribution in [2.45, 2.75) is 172 Å². The number of phosphoric acid groups is 2. The van der Waals surface area contributed by atoms with Crippen molar-refractivity contribution in [1.82, 2.24) is 0 Å². The van der Waals surface area contributed by atoms with Gasteiger partial charge < -0.3 is 49.7 Å². The first kappa shape index (κ1) is 60.9. The first-order chi connectivity index (χ1) is 31.5. The molecule has 0 spiro atoms. The predicted molar refractivity (Wildman–Crippen MR) is 251 cm³/mol. The Bertz CT molecular complexity index is 1670. The lowest BCUT2D eigenvalue weighted by Gasteiger charge is -2.43. The number of aliphatic hydroxyl groups is 5. The zero-order valence-electron chi connectivity index (χ0n) is 38.4. The zero-order chi connectivity index (χ0) is 49.1. The fourth-order valence-corrected chi connectivity index (χ4v) is 7.69. The summed E-state index contributed by atoms with van der Waals surface area (Å²) in [6.45, 7) is 2.79. The van der Waals surface area contributed by atoms with Crippen molar-refractivity contribution in [2.75, 3.05) is 13.2 Å². The Labute approximate surface area is 390 Å². The first-order valence-electron chi connectivity index (χ1n) is 22.9. The van der Waals surface area contributed by atoms with Crippen LogP contribution in [-0.2, 0) is 41.8 Å². The molecule has 19 heteroatoms. The molecular weight excluding hydrogens is 898 g/mol. The number of hydrogen-bond acceptors (Lipinski definition) is 14. The Morgan fingerprint density at radius 1 is 0.576 bits per heavy atom. The van der Waals surface area contributed by atoms with E-state index < -0.39 is 89.6 Å². The maximum Gasteiger partial charge on any atom is 0.472 e. The Kier molecular flexibility index (Phi) is 34.0. The van der Waals surface area contributed by atoms with E-state index in [2.05, 4.69) is 54.8 Å². The van der Waals surface area contributed by atoms with Gasteiger partial charge in [0, 0.05) is 12.8 Å². The molecule has 1 saturated carbocycles. The van der Waals surface area contributed by atoms with E-state index in [1.807, 2.05) is 48.6 Å². The summed E-state index contributed by atoms with van der Waals surface area (Å²) in [7, 11) is -10.7. The van der Waals surface area contributed by atoms with E-state index in [0.717, 1.165) is 32.1 Å². The van der Waals surface area contributed by atoms with Crippen molar-refractivity contribution >= 4 is 27.6 Å². The normalized spacial score (nSPS) is 22.9. The third-order valence-corrected chi connectivity index (χ3v) is 11.2. The van der Waals surface area contributed by atoms with Crippen LogP contribution < -0.4 is 0 Å². The highest BCUT2D eigenvalue weighted by molar-refractivity contribution is 7.47. The van der Waals surface area contributed by atoms with Gasteiger partial charge in [-0.25, -0.2) is 9.13 Å². The van der Waals surface area contributed by atoms with Gasteiger partial charge in [0.2, 0.25) is 0 Å². The molecule has 0 aromatic rings. The summed E-state index contributed by atoms with van der Waals surface area (Å²) in [6.07, 6.45) is 28.3. The molecule has 17 nitrogen and oxygen atoms in total. The summed E-state index contributed by atoms with van der Waals surface area (Å²) in [5.74, 6) is -1.37. The summed E-state index contributed by atoms with van der Waals surface area (Å²) >= 11 is 0. The molecule has 0 heterocycles. The number of carbonyl (C=O) groups is 2. The van der Waals surface area contributed by atoms with Crippen LogP contribution in [0.3, 0.4) is 0 Å². The van der Waals surface area contributed by atoms with Gasteiger partial charge in [-0.1, -0.05) is 124 Å². The third kappa shape index (κ3) is 31.0. The number of ether oxygens (including phenoxy) is 2. The average molecular weight is 975 g/mol. The molecule has 1 fully saturated rings. The van der Waals surface area contributed by atoms with Gasteiger partial charge >= 0.3 is 27.6 Å². The molecule has 1 aliphatic rings. The van der Waals surface area contributed by atoms with E-state index in [4.69, 9.17) is 28.3 Å². The van der Waals surface area contributed by atoms with E-state index in [1.54, 1.807) is 12.2 Å². The number of allylic oxidation sites excluding steroid dienone is 14. The van der Waals surface area contributed by atoms with Crippen molar-refractivity contribution in [3.8, 4) is 0 Å². The minimum absolute atomic E-state index is 0.00373. The number of hydrogen-bond donors (Lipinski definition) is 8. The van der Waals surface area contributed by atoms with Crippen molar-refractivity contribution < 1.29 is 82.0 Å². The summed E-state index contributed by atoms with van der Waals surface area (Å²) in [6, 6.07) is 0. The lowest BCUT2D eigenvalue weighted by atomic mass is 9.85. The second-order valence-corrected chi connectivity index (χ2v) is 18.2. The van der Waals surface area contributed by atoms with Crippen LogP contribution in [0.5, 0.6) is 0 Å². The van der Waals surface area contributed by atoms with Gasteiger partial charge in [0.1, 0.15) is 43.2 Å². The Morgan fingerprint density at radius 3 is 1.71 bits per heavy atom. The Morgan fingerprint density at radius 2 is 1.11 bits per heavy atom. The molecule has 1 rings (SSSR count). The van der Waals surface area contributed by atoms with E-state index in [9.17, 15) is 49.1 Å². The molecule has 0 aromatic heterocycles. The van der Waals surface area contributed by atoms with Crippen molar-refractivity contribution in [2.24, 2.45) is 0 Å². The van der Waals surface area contributed by atoms with Crippen LogP contribution in [0.15, 0.2) is 97.2 Å². The number of phosphoric ester groups is 2. The zero-order valence-corrected chi connectivity index (χ0v) is 40.2. The quantitative estimate of drug-likeness (QED) is 0.0100. The topological polar surface area (TPSA) is 276 Å². The summed E-state index contributed by atoms with van der Waals surface area (Å²) in [5, 5.41) is 51.2. The standard InChI is InChI=1S/C47H76O17P2/c1-3-5-7-9-11-12-13-14-15-16-17-18-23-27-31-35-41(50)62-39(37-61-66(58,59)64-47-44(53)42(51)43(52)46(45(47)54)63-65(55,56)57)36-60-40(49)34-30-26-22-20-19-21-25-29-33-38(48)32-28-24-10-8-6-4-2/h6,8,11-12,14-15,17-18,20-22,24-25,28-29,33,38-39,42-48,51-54H,3-5,7,9-10,13,16,19,23,26-27,30-32,34-37H2,1-2H3,(H,58,59)(H2,55,56,57)/b8-6-,12-11-,15-14-,18-17-,22-20-,25-21-,28-24-,33-29+/t38?,39-,42?,43?,44?,45?,46-,47+/m1/s1. The number of rotatable bonds is 36. The molecule has 6 unspecified atom stereocenters. The maximum atomic E-state index is 13.0. The van der Waals surface area contributed by atoms with Crippen molar-refractivity contribution in [1.29, 1.82) is 0 Å². The highest BCUT2D eigenvalue weighted by Crippen LogP contribution is 2.49. The molecule has 0 aromatic carbocycles. The van der Waals surface area contributed by atoms with E-state index in [0.29, 0.717) is 44.9 Å². The average Bonchev–Trinajstić information content (AvgIpc) is 3.27. The Hall–Kier alpha value is -3.12. The van der Waals surface area contributed by atoms with E-state index in [1.165, 1.54) is 19.3 Å². The van der Waals surface area contributed by atoms with Crippen molar-refractivity contribution in [3.63, 3.8) is 0 Å². The second-order valence-electron chi connectivity index (χ2n) is 15.6. The van der Waals surface area contributed by atoms with Crippen LogP contribution >= 0.6 is 15.6 Å². The lowest BCUT2D eigenvalue weighted by Crippen LogP contribution is -2.64. The second kappa shape index (κ2) is 36.9. The van der Waals surface area contributed by atoms with Crippen LogP contribution in [0.1, 0.15) is 123 Å². The van der Waals surface area contributed by atoms with Gasteiger partial charge in [-0.3, -0.25) is 23.2 Å². The molecule has 8 N–H and O–H groups in total. The molecule has 0 aliphatic heterocycles. The van der Waals surface area contributed by atoms with Gasteiger partial charge in [0.05, 0.1) is 12.7 Å². The molecule has 66 heavy (non-hydrogen) atoms. The highest BCUT2D eigenvalue weighted by atomic mass is 31.2. The first-order valence-corrected chi connectivity index (χ1v) is 25.9. The monoisotopic (exact) mass is 974 g/mol. The number of carbonyl (C=O) groups excluding carboxylic acids is 2. The smallest absolute Gasteiger partial charge is 0.462 e. The van der Waals surface area contributed by atoms with Gasteiger partial charge in [0.25, 0.3) is 0 Å². The summed E-state index contributed by atoms with van der Waals surface area (Å²) in [5.41, 5.74) is 0. The molecule has 0 amide bonds. The predicted octanol–water partition coefficient (Wildman–Crippen LogP) is 7.36. The molecule has 376 valence electrons. The SMILES string of the molecule is CC/C=C\C/C=C\CC(O)/C=C/C=C\C/C=C\CCCC(=O)OC[C@H](COP(=O)(O)O[C@H]1C(O)C(O)C(O)[C@@H](OP(=O)(O)O)C1O)OC(=O)CCCC/C=C\C/C=C\C/C=C\CCCCC. The van der Waals surface area contributed by atoms with Crippen LogP contribution in [0, 0.1) is 0 Å². The summed E-state index contributed by atoms with van der Waals surface area (Å²) < 4.78 is 49.2. The molecule has 0 bridgehead atoms. The molecular formula is C47H76O17P2. The molecule has 1 aliphatic carbocycles.